The first-order chi connectivity index (χ1) is 9.61. The Morgan fingerprint density at radius 1 is 1.05 bits per heavy atom. The Morgan fingerprint density at radius 3 is 2.60 bits per heavy atom. The van der Waals surface area contributed by atoms with Crippen LogP contribution in [0.5, 0.6) is 0 Å². The van der Waals surface area contributed by atoms with Crippen LogP contribution in [0.15, 0.2) is 46.9 Å². The van der Waals surface area contributed by atoms with Crippen LogP contribution in [0.2, 0.25) is 10.0 Å². The van der Waals surface area contributed by atoms with Crippen molar-refractivity contribution < 1.29 is 0 Å². The zero-order chi connectivity index (χ0) is 14.1. The Labute approximate surface area is 137 Å². The summed E-state index contributed by atoms with van der Waals surface area (Å²) in [5, 5.41) is 5.08. The van der Waals surface area contributed by atoms with Crippen LogP contribution in [0.4, 0.5) is 5.69 Å². The third-order valence-electron chi connectivity index (χ3n) is 3.75. The molecule has 2 aromatic rings. The smallest absolute Gasteiger partial charge is 0.0638 e. The molecule has 1 saturated carbocycles. The Morgan fingerprint density at radius 2 is 1.85 bits per heavy atom. The molecule has 2 aromatic carbocycles. The van der Waals surface area contributed by atoms with E-state index in [1.165, 1.54) is 5.56 Å². The minimum Gasteiger partial charge on any atom is -0.381 e. The molecule has 0 aliphatic heterocycles. The highest BCUT2D eigenvalue weighted by molar-refractivity contribution is 9.10. The van der Waals surface area contributed by atoms with E-state index in [9.17, 15) is 0 Å². The van der Waals surface area contributed by atoms with Crippen molar-refractivity contribution in [1.29, 1.82) is 0 Å². The molecule has 104 valence electrons. The molecule has 0 atom stereocenters. The summed E-state index contributed by atoms with van der Waals surface area (Å²) in [6, 6.07) is 14.5. The van der Waals surface area contributed by atoms with Gasteiger partial charge >= 0.3 is 0 Å². The van der Waals surface area contributed by atoms with Crippen LogP contribution >= 0.6 is 39.1 Å². The number of anilines is 1. The van der Waals surface area contributed by atoms with E-state index in [1.807, 2.05) is 30.3 Å². The molecule has 1 fully saturated rings. The Kier molecular flexibility index (Phi) is 4.25. The maximum absolute atomic E-state index is 6.19. The molecule has 0 spiro atoms. The van der Waals surface area contributed by atoms with Crippen molar-refractivity contribution in [3.8, 4) is 0 Å². The minimum absolute atomic E-state index is 0.478. The SMILES string of the molecule is Clc1cccc(C2CC(Nc3cc(Br)ccc3Cl)C2)c1. The molecule has 0 radical (unpaired) electrons. The predicted molar refractivity (Wildman–Crippen MR) is 90.0 cm³/mol. The zero-order valence-electron chi connectivity index (χ0n) is 10.7. The van der Waals surface area contributed by atoms with Gasteiger partial charge in [-0.1, -0.05) is 51.3 Å². The molecule has 4 heteroatoms. The summed E-state index contributed by atoms with van der Waals surface area (Å²) in [6.07, 6.45) is 2.23. The third kappa shape index (κ3) is 3.13. The van der Waals surface area contributed by atoms with Gasteiger partial charge in [-0.2, -0.15) is 0 Å². The summed E-state index contributed by atoms with van der Waals surface area (Å²) in [5.74, 6) is 0.595. The lowest BCUT2D eigenvalue weighted by molar-refractivity contribution is 0.374. The van der Waals surface area contributed by atoms with Crippen molar-refractivity contribution in [3.05, 3.63) is 62.5 Å². The second kappa shape index (κ2) is 5.97. The van der Waals surface area contributed by atoms with Crippen LogP contribution in [-0.4, -0.2) is 6.04 Å². The topological polar surface area (TPSA) is 12.0 Å². The predicted octanol–water partition coefficient (Wildman–Crippen LogP) is 6.11. The molecule has 0 unspecified atom stereocenters. The lowest BCUT2D eigenvalue weighted by Crippen LogP contribution is -2.34. The Balaban J connectivity index is 1.62. The fourth-order valence-electron chi connectivity index (χ4n) is 2.60. The summed E-state index contributed by atoms with van der Waals surface area (Å²) in [5.41, 5.74) is 2.33. The molecule has 1 aliphatic rings. The fraction of sp³-hybridized carbons (Fsp3) is 0.250. The summed E-state index contributed by atoms with van der Waals surface area (Å²) in [7, 11) is 0. The average Bonchev–Trinajstić information content (AvgIpc) is 2.37. The standard InChI is InChI=1S/C16H14BrCl2N/c17-12-4-5-15(19)16(9-12)20-14-7-11(8-14)10-2-1-3-13(18)6-10/h1-6,9,11,14,20H,7-8H2. The van der Waals surface area contributed by atoms with Crippen LogP contribution in [0.3, 0.4) is 0 Å². The first kappa shape index (κ1) is 14.2. The van der Waals surface area contributed by atoms with Crippen molar-refractivity contribution in [3.63, 3.8) is 0 Å². The van der Waals surface area contributed by atoms with Crippen molar-refractivity contribution in [2.45, 2.75) is 24.8 Å². The highest BCUT2D eigenvalue weighted by atomic mass is 79.9. The van der Waals surface area contributed by atoms with Gasteiger partial charge in [0, 0.05) is 15.5 Å². The van der Waals surface area contributed by atoms with E-state index in [2.05, 4.69) is 33.4 Å². The number of hydrogen-bond acceptors (Lipinski definition) is 1. The monoisotopic (exact) mass is 369 g/mol. The molecular weight excluding hydrogens is 357 g/mol. The van der Waals surface area contributed by atoms with Crippen LogP contribution < -0.4 is 5.32 Å². The van der Waals surface area contributed by atoms with E-state index in [1.54, 1.807) is 0 Å². The van der Waals surface area contributed by atoms with Crippen LogP contribution in [0.1, 0.15) is 24.3 Å². The normalized spacial score (nSPS) is 21.4. The largest absolute Gasteiger partial charge is 0.381 e. The van der Waals surface area contributed by atoms with Gasteiger partial charge in [0.2, 0.25) is 0 Å². The lowest BCUT2D eigenvalue weighted by atomic mass is 9.76. The molecule has 1 aliphatic carbocycles. The Hall–Kier alpha value is -0.700. The first-order valence-corrected chi connectivity index (χ1v) is 8.14. The molecule has 0 aromatic heterocycles. The van der Waals surface area contributed by atoms with Crippen molar-refractivity contribution in [1.82, 2.24) is 0 Å². The maximum atomic E-state index is 6.19. The van der Waals surface area contributed by atoms with Crippen molar-refractivity contribution in [2.75, 3.05) is 5.32 Å². The van der Waals surface area contributed by atoms with Gasteiger partial charge in [-0.15, -0.1) is 0 Å². The number of benzene rings is 2. The number of rotatable bonds is 3. The van der Waals surface area contributed by atoms with Gasteiger partial charge in [-0.3, -0.25) is 0 Å². The number of hydrogen-bond donors (Lipinski definition) is 1. The van der Waals surface area contributed by atoms with Gasteiger partial charge in [0.15, 0.2) is 0 Å². The van der Waals surface area contributed by atoms with Crippen molar-refractivity contribution >= 4 is 44.8 Å². The number of halogens is 3. The molecule has 0 saturated heterocycles. The van der Waals surface area contributed by atoms with Gasteiger partial charge in [0.25, 0.3) is 0 Å². The first-order valence-electron chi connectivity index (χ1n) is 6.59. The van der Waals surface area contributed by atoms with Crippen LogP contribution in [0, 0.1) is 0 Å². The van der Waals surface area contributed by atoms with Gasteiger partial charge in [0.1, 0.15) is 0 Å². The van der Waals surface area contributed by atoms with E-state index >= 15 is 0 Å². The van der Waals surface area contributed by atoms with E-state index in [0.29, 0.717) is 12.0 Å². The summed E-state index contributed by atoms with van der Waals surface area (Å²) in [6.45, 7) is 0. The molecule has 0 heterocycles. The molecule has 1 nitrogen and oxygen atoms in total. The van der Waals surface area contributed by atoms with Gasteiger partial charge in [-0.05, 0) is 54.7 Å². The van der Waals surface area contributed by atoms with Crippen molar-refractivity contribution in [2.24, 2.45) is 0 Å². The minimum atomic E-state index is 0.478. The molecule has 20 heavy (non-hydrogen) atoms. The van der Waals surface area contributed by atoms with E-state index in [-0.39, 0.29) is 0 Å². The second-order valence-corrected chi connectivity index (χ2v) is 6.95. The van der Waals surface area contributed by atoms with E-state index < -0.39 is 0 Å². The van der Waals surface area contributed by atoms with Gasteiger partial charge < -0.3 is 5.32 Å². The van der Waals surface area contributed by atoms with Crippen LogP contribution in [0.25, 0.3) is 0 Å². The fourth-order valence-corrected chi connectivity index (χ4v) is 3.33. The third-order valence-corrected chi connectivity index (χ3v) is 4.80. The Bertz CT molecular complexity index is 624. The van der Waals surface area contributed by atoms with E-state index in [4.69, 9.17) is 23.2 Å². The second-order valence-electron chi connectivity index (χ2n) is 5.19. The average molecular weight is 371 g/mol. The summed E-state index contributed by atoms with van der Waals surface area (Å²) >= 11 is 15.7. The molecule has 3 rings (SSSR count). The lowest BCUT2D eigenvalue weighted by Gasteiger charge is -2.37. The summed E-state index contributed by atoms with van der Waals surface area (Å²) in [4.78, 5) is 0. The zero-order valence-corrected chi connectivity index (χ0v) is 13.8. The molecule has 1 N–H and O–H groups in total. The maximum Gasteiger partial charge on any atom is 0.0638 e. The van der Waals surface area contributed by atoms with E-state index in [0.717, 1.165) is 33.0 Å². The summed E-state index contributed by atoms with van der Waals surface area (Å²) < 4.78 is 1.04. The molecule has 0 bridgehead atoms. The number of nitrogens with one attached hydrogen (secondary N) is 1. The molecule has 0 amide bonds. The van der Waals surface area contributed by atoms with Crippen LogP contribution in [-0.2, 0) is 0 Å². The quantitative estimate of drug-likeness (QED) is 0.686. The molecular formula is C16H14BrCl2N. The highest BCUT2D eigenvalue weighted by Gasteiger charge is 2.30. The van der Waals surface area contributed by atoms with Gasteiger partial charge in [-0.25, -0.2) is 0 Å². The van der Waals surface area contributed by atoms with Gasteiger partial charge in [0.05, 0.1) is 10.7 Å². The highest BCUT2D eigenvalue weighted by Crippen LogP contribution is 2.40.